The van der Waals surface area contributed by atoms with E-state index >= 15 is 0 Å². The maximum absolute atomic E-state index is 12.8. The second kappa shape index (κ2) is 9.65. The molecule has 1 N–H and O–H groups in total. The Morgan fingerprint density at radius 2 is 1.97 bits per heavy atom. The Labute approximate surface area is 189 Å². The van der Waals surface area contributed by atoms with E-state index in [1.807, 2.05) is 35.2 Å². The molecule has 31 heavy (non-hydrogen) atoms. The zero-order chi connectivity index (χ0) is 21.8. The zero-order valence-corrected chi connectivity index (χ0v) is 18.7. The molecule has 2 aliphatic rings. The lowest BCUT2D eigenvalue weighted by Gasteiger charge is -2.36. The standard InChI is InChI=1S/C22H25BrN4O4/c23-19-6-2-1-5-18(19)22(28)26-11-9-25(10-12-26)16-7-8-21(27(29)30)20(14-16)24-15-17-4-3-13-31-17/h1-2,5-8,14,17,24H,3-4,9-13,15H2. The number of nitro groups is 1. The highest BCUT2D eigenvalue weighted by molar-refractivity contribution is 9.10. The highest BCUT2D eigenvalue weighted by Crippen LogP contribution is 2.31. The van der Waals surface area contributed by atoms with Crippen molar-refractivity contribution in [2.45, 2.75) is 18.9 Å². The van der Waals surface area contributed by atoms with Crippen LogP contribution in [0.1, 0.15) is 23.2 Å². The van der Waals surface area contributed by atoms with E-state index in [1.165, 1.54) is 0 Å². The summed E-state index contributed by atoms with van der Waals surface area (Å²) in [7, 11) is 0. The van der Waals surface area contributed by atoms with E-state index in [1.54, 1.807) is 12.1 Å². The zero-order valence-electron chi connectivity index (χ0n) is 17.1. The first kappa shape index (κ1) is 21.6. The average molecular weight is 489 g/mol. The minimum atomic E-state index is -0.365. The first-order valence-electron chi connectivity index (χ1n) is 10.5. The average Bonchev–Trinajstić information content (AvgIpc) is 3.31. The van der Waals surface area contributed by atoms with Crippen LogP contribution in [0.4, 0.5) is 17.1 Å². The van der Waals surface area contributed by atoms with Gasteiger partial charge in [0.2, 0.25) is 0 Å². The maximum atomic E-state index is 12.8. The van der Waals surface area contributed by atoms with Gasteiger partial charge in [-0.1, -0.05) is 12.1 Å². The van der Waals surface area contributed by atoms with Gasteiger partial charge in [-0.15, -0.1) is 0 Å². The number of carbonyl (C=O) groups is 1. The molecular weight excluding hydrogens is 464 g/mol. The van der Waals surface area contributed by atoms with Crippen molar-refractivity contribution >= 4 is 38.9 Å². The molecule has 164 valence electrons. The lowest BCUT2D eigenvalue weighted by atomic mass is 10.1. The van der Waals surface area contributed by atoms with E-state index < -0.39 is 0 Å². The van der Waals surface area contributed by atoms with Crippen LogP contribution in [-0.2, 0) is 4.74 Å². The number of ether oxygens (including phenoxy) is 1. The third-order valence-electron chi connectivity index (χ3n) is 5.76. The Hall–Kier alpha value is -2.65. The predicted molar refractivity (Wildman–Crippen MR) is 123 cm³/mol. The van der Waals surface area contributed by atoms with Gasteiger partial charge in [-0.05, 0) is 53.0 Å². The fraction of sp³-hybridized carbons (Fsp3) is 0.409. The van der Waals surface area contributed by atoms with Gasteiger partial charge in [0.05, 0.1) is 16.6 Å². The highest BCUT2D eigenvalue weighted by atomic mass is 79.9. The summed E-state index contributed by atoms with van der Waals surface area (Å²) in [6.07, 6.45) is 2.08. The molecule has 4 rings (SSSR count). The summed E-state index contributed by atoms with van der Waals surface area (Å²) in [6, 6.07) is 12.6. The van der Waals surface area contributed by atoms with E-state index in [4.69, 9.17) is 4.74 Å². The summed E-state index contributed by atoms with van der Waals surface area (Å²) in [5.74, 6) is 0.00902. The molecule has 8 nitrogen and oxygen atoms in total. The summed E-state index contributed by atoms with van der Waals surface area (Å²) < 4.78 is 6.41. The smallest absolute Gasteiger partial charge is 0.292 e. The first-order chi connectivity index (χ1) is 15.0. The molecule has 9 heteroatoms. The third-order valence-corrected chi connectivity index (χ3v) is 6.45. The van der Waals surface area contributed by atoms with Gasteiger partial charge in [-0.2, -0.15) is 0 Å². The molecule has 2 fully saturated rings. The van der Waals surface area contributed by atoms with Crippen LogP contribution in [0.2, 0.25) is 0 Å². The molecule has 1 atom stereocenters. The van der Waals surface area contributed by atoms with Crippen LogP contribution < -0.4 is 10.2 Å². The predicted octanol–water partition coefficient (Wildman–Crippen LogP) is 3.91. The van der Waals surface area contributed by atoms with Gasteiger partial charge in [0.1, 0.15) is 5.69 Å². The molecule has 2 aromatic rings. The van der Waals surface area contributed by atoms with Crippen molar-refractivity contribution in [2.24, 2.45) is 0 Å². The quantitative estimate of drug-likeness (QED) is 0.489. The summed E-state index contributed by atoms with van der Waals surface area (Å²) in [4.78, 5) is 27.9. The van der Waals surface area contributed by atoms with Crippen LogP contribution in [0.5, 0.6) is 0 Å². The van der Waals surface area contributed by atoms with Gasteiger partial charge in [-0.25, -0.2) is 0 Å². The van der Waals surface area contributed by atoms with Gasteiger partial charge in [0.15, 0.2) is 0 Å². The molecule has 0 aliphatic carbocycles. The van der Waals surface area contributed by atoms with E-state index in [-0.39, 0.29) is 22.6 Å². The van der Waals surface area contributed by atoms with Crippen molar-refractivity contribution in [3.05, 3.63) is 62.6 Å². The Balaban J connectivity index is 1.42. The number of halogens is 1. The molecule has 0 saturated carbocycles. The van der Waals surface area contributed by atoms with Crippen LogP contribution in [0, 0.1) is 10.1 Å². The summed E-state index contributed by atoms with van der Waals surface area (Å²) in [5.41, 5.74) is 2.13. The lowest BCUT2D eigenvalue weighted by molar-refractivity contribution is -0.383. The van der Waals surface area contributed by atoms with Crippen molar-refractivity contribution in [1.82, 2.24) is 4.90 Å². The molecule has 2 heterocycles. The molecular formula is C22H25BrN4O4. The van der Waals surface area contributed by atoms with Crippen LogP contribution in [0.15, 0.2) is 46.9 Å². The number of carbonyl (C=O) groups excluding carboxylic acids is 1. The number of nitrogens with zero attached hydrogens (tertiary/aromatic N) is 3. The minimum absolute atomic E-state index is 0.00902. The molecule has 0 aromatic heterocycles. The molecule has 1 unspecified atom stereocenters. The number of hydrogen-bond donors (Lipinski definition) is 1. The highest BCUT2D eigenvalue weighted by Gasteiger charge is 2.25. The van der Waals surface area contributed by atoms with E-state index in [9.17, 15) is 14.9 Å². The first-order valence-corrected chi connectivity index (χ1v) is 11.2. The van der Waals surface area contributed by atoms with Crippen molar-refractivity contribution in [3.8, 4) is 0 Å². The van der Waals surface area contributed by atoms with E-state index in [0.29, 0.717) is 44.0 Å². The molecule has 2 saturated heterocycles. The molecule has 0 radical (unpaired) electrons. The molecule has 2 aromatic carbocycles. The fourth-order valence-electron chi connectivity index (χ4n) is 4.02. The van der Waals surface area contributed by atoms with Crippen molar-refractivity contribution in [2.75, 3.05) is 49.5 Å². The number of piperazine rings is 1. The number of nitro benzene ring substituents is 1. The number of anilines is 2. The largest absolute Gasteiger partial charge is 0.377 e. The van der Waals surface area contributed by atoms with Crippen LogP contribution in [-0.4, -0.2) is 61.2 Å². The molecule has 1 amide bonds. The number of hydrogen-bond acceptors (Lipinski definition) is 6. The molecule has 0 bridgehead atoms. The van der Waals surface area contributed by atoms with Gasteiger partial charge >= 0.3 is 0 Å². The summed E-state index contributed by atoms with van der Waals surface area (Å²) in [6.45, 7) is 3.82. The van der Waals surface area contributed by atoms with Crippen LogP contribution in [0.25, 0.3) is 0 Å². The van der Waals surface area contributed by atoms with Gasteiger partial charge in [0.25, 0.3) is 11.6 Å². The second-order valence-electron chi connectivity index (χ2n) is 7.73. The maximum Gasteiger partial charge on any atom is 0.292 e. The SMILES string of the molecule is O=C(c1ccccc1Br)N1CCN(c2ccc([N+](=O)[O-])c(NCC3CCCO3)c2)CC1. The van der Waals surface area contributed by atoms with Crippen molar-refractivity contribution < 1.29 is 14.5 Å². The fourth-order valence-corrected chi connectivity index (χ4v) is 4.48. The second-order valence-corrected chi connectivity index (χ2v) is 8.59. The minimum Gasteiger partial charge on any atom is -0.377 e. The molecule has 0 spiro atoms. The Morgan fingerprint density at radius 1 is 1.19 bits per heavy atom. The third kappa shape index (κ3) is 4.99. The van der Waals surface area contributed by atoms with Crippen LogP contribution in [0.3, 0.4) is 0 Å². The summed E-state index contributed by atoms with van der Waals surface area (Å²) >= 11 is 3.45. The number of benzene rings is 2. The van der Waals surface area contributed by atoms with E-state index in [2.05, 4.69) is 26.1 Å². The van der Waals surface area contributed by atoms with Crippen molar-refractivity contribution in [3.63, 3.8) is 0 Å². The van der Waals surface area contributed by atoms with Gasteiger partial charge in [0, 0.05) is 55.6 Å². The Kier molecular flexibility index (Phi) is 6.72. The van der Waals surface area contributed by atoms with Crippen molar-refractivity contribution in [1.29, 1.82) is 0 Å². The van der Waals surface area contributed by atoms with Crippen LogP contribution >= 0.6 is 15.9 Å². The topological polar surface area (TPSA) is 88.0 Å². The lowest BCUT2D eigenvalue weighted by Crippen LogP contribution is -2.48. The summed E-state index contributed by atoms with van der Waals surface area (Å²) in [5, 5.41) is 14.7. The van der Waals surface area contributed by atoms with E-state index in [0.717, 1.165) is 29.6 Å². The molecule has 2 aliphatic heterocycles. The Morgan fingerprint density at radius 3 is 2.65 bits per heavy atom. The number of rotatable bonds is 6. The normalized spacial score (nSPS) is 18.8. The number of nitrogens with one attached hydrogen (secondary N) is 1. The Bertz CT molecular complexity index is 956. The monoisotopic (exact) mass is 488 g/mol. The van der Waals surface area contributed by atoms with Gasteiger partial charge in [-0.3, -0.25) is 14.9 Å². The van der Waals surface area contributed by atoms with Gasteiger partial charge < -0.3 is 19.9 Å². The number of amides is 1.